The predicted molar refractivity (Wildman–Crippen MR) is 75.7 cm³/mol. The minimum absolute atomic E-state index is 0. The van der Waals surface area contributed by atoms with E-state index in [0.29, 0.717) is 25.2 Å². The van der Waals surface area contributed by atoms with E-state index in [1.807, 2.05) is 0 Å². The first-order valence-corrected chi connectivity index (χ1v) is 6.89. The smallest absolute Gasteiger partial charge is 0.257 e. The number of phenolic OH excluding ortho intramolecular Hbond substituents is 1. The Morgan fingerprint density at radius 2 is 1.86 bits per heavy atom. The number of hydrogen-bond donors (Lipinski definition) is 2. The molecule has 2 fully saturated rings. The molecule has 0 aliphatic carbocycles. The number of benzene rings is 1. The van der Waals surface area contributed by atoms with Gasteiger partial charge in [0.15, 0.2) is 17.4 Å². The zero-order valence-corrected chi connectivity index (χ0v) is 12.4. The van der Waals surface area contributed by atoms with E-state index in [4.69, 9.17) is 0 Å². The molecule has 2 N–H and O–H groups in total. The number of nitrogens with one attached hydrogen (secondary N) is 1. The SMILES string of the molecule is Cl.O=C(c1cc(F)c(F)c(O)c1F)N1CCC2CCC(C1)N2. The molecular formula is C14H16ClF3N2O2. The van der Waals surface area contributed by atoms with Crippen LogP contribution in [0.5, 0.6) is 5.75 Å². The van der Waals surface area contributed by atoms with E-state index in [9.17, 15) is 23.1 Å². The van der Waals surface area contributed by atoms with Gasteiger partial charge in [-0.1, -0.05) is 0 Å². The molecule has 1 aromatic rings. The Kier molecular flexibility index (Phi) is 4.87. The van der Waals surface area contributed by atoms with E-state index < -0.39 is 34.7 Å². The highest BCUT2D eigenvalue weighted by Gasteiger charge is 2.33. The molecule has 122 valence electrons. The summed E-state index contributed by atoms with van der Waals surface area (Å²) in [6.45, 7) is 0.820. The molecule has 1 amide bonds. The summed E-state index contributed by atoms with van der Waals surface area (Å²) in [6.07, 6.45) is 2.71. The van der Waals surface area contributed by atoms with E-state index in [2.05, 4.69) is 5.32 Å². The Bertz CT molecular complexity index is 600. The molecule has 2 heterocycles. The highest BCUT2D eigenvalue weighted by Crippen LogP contribution is 2.28. The third kappa shape index (κ3) is 2.87. The average Bonchev–Trinajstić information content (AvgIpc) is 2.79. The van der Waals surface area contributed by atoms with Crippen LogP contribution in [0.4, 0.5) is 13.2 Å². The number of halogens is 4. The Hall–Kier alpha value is -1.47. The third-order valence-electron chi connectivity index (χ3n) is 4.17. The molecule has 3 rings (SSSR count). The van der Waals surface area contributed by atoms with Crippen molar-refractivity contribution in [3.63, 3.8) is 0 Å². The molecule has 2 aliphatic rings. The lowest BCUT2D eigenvalue weighted by Gasteiger charge is -2.24. The minimum Gasteiger partial charge on any atom is -0.503 e. The van der Waals surface area contributed by atoms with Crippen molar-refractivity contribution in [1.29, 1.82) is 0 Å². The van der Waals surface area contributed by atoms with Gasteiger partial charge >= 0.3 is 0 Å². The van der Waals surface area contributed by atoms with Crippen LogP contribution in [0, 0.1) is 17.5 Å². The summed E-state index contributed by atoms with van der Waals surface area (Å²) >= 11 is 0. The highest BCUT2D eigenvalue weighted by molar-refractivity contribution is 5.95. The number of phenols is 1. The highest BCUT2D eigenvalue weighted by atomic mass is 35.5. The predicted octanol–water partition coefficient (Wildman–Crippen LogP) is 2.20. The monoisotopic (exact) mass is 336 g/mol. The number of amides is 1. The maximum atomic E-state index is 13.8. The normalized spacial score (nSPS) is 23.9. The molecule has 2 aliphatic heterocycles. The standard InChI is InChI=1S/C14H15F3N2O2.ClH/c15-10-5-9(11(16)13(20)12(10)17)14(21)19-4-3-7-1-2-8(6-19)18-7;/h5,7-8,18,20H,1-4,6H2;1H. The molecule has 2 saturated heterocycles. The molecule has 0 saturated carbocycles. The van der Waals surface area contributed by atoms with E-state index in [1.165, 1.54) is 4.90 Å². The van der Waals surface area contributed by atoms with E-state index in [1.54, 1.807) is 0 Å². The number of fused-ring (bicyclic) bond motifs is 2. The van der Waals surface area contributed by atoms with Gasteiger partial charge in [-0.25, -0.2) is 8.78 Å². The maximum absolute atomic E-state index is 13.8. The van der Waals surface area contributed by atoms with Crippen LogP contribution in [-0.2, 0) is 0 Å². The van der Waals surface area contributed by atoms with Gasteiger partial charge in [0.2, 0.25) is 5.82 Å². The summed E-state index contributed by atoms with van der Waals surface area (Å²) in [5.74, 6) is -6.71. The van der Waals surface area contributed by atoms with Crippen molar-refractivity contribution >= 4 is 18.3 Å². The van der Waals surface area contributed by atoms with Crippen molar-refractivity contribution in [3.05, 3.63) is 29.1 Å². The first-order valence-electron chi connectivity index (χ1n) is 6.89. The summed E-state index contributed by atoms with van der Waals surface area (Å²) in [4.78, 5) is 13.7. The number of rotatable bonds is 1. The molecule has 0 aromatic heterocycles. The van der Waals surface area contributed by atoms with Crippen LogP contribution < -0.4 is 5.32 Å². The molecule has 2 atom stereocenters. The topological polar surface area (TPSA) is 52.6 Å². The van der Waals surface area contributed by atoms with E-state index in [0.717, 1.165) is 19.3 Å². The van der Waals surface area contributed by atoms with Crippen molar-refractivity contribution in [2.45, 2.75) is 31.3 Å². The molecule has 2 unspecified atom stereocenters. The number of carbonyl (C=O) groups is 1. The minimum atomic E-state index is -1.68. The van der Waals surface area contributed by atoms with Gasteiger partial charge in [0.05, 0.1) is 5.56 Å². The molecular weight excluding hydrogens is 321 g/mol. The van der Waals surface area contributed by atoms with Gasteiger partial charge in [-0.3, -0.25) is 4.79 Å². The van der Waals surface area contributed by atoms with Crippen LogP contribution in [0.1, 0.15) is 29.6 Å². The van der Waals surface area contributed by atoms with Gasteiger partial charge in [0.1, 0.15) is 0 Å². The van der Waals surface area contributed by atoms with E-state index >= 15 is 0 Å². The van der Waals surface area contributed by atoms with Gasteiger partial charge in [0, 0.05) is 25.2 Å². The second kappa shape index (κ2) is 6.34. The van der Waals surface area contributed by atoms with Gasteiger partial charge < -0.3 is 15.3 Å². The Morgan fingerprint density at radius 3 is 2.59 bits per heavy atom. The molecule has 8 heteroatoms. The van der Waals surface area contributed by atoms with Gasteiger partial charge in [0.25, 0.3) is 5.91 Å². The summed E-state index contributed by atoms with van der Waals surface area (Å²) in [7, 11) is 0. The zero-order chi connectivity index (χ0) is 15.1. The van der Waals surface area contributed by atoms with Crippen molar-refractivity contribution in [2.75, 3.05) is 13.1 Å². The summed E-state index contributed by atoms with van der Waals surface area (Å²) in [6, 6.07) is 0.989. The van der Waals surface area contributed by atoms with Crippen LogP contribution in [0.25, 0.3) is 0 Å². The Labute approximate surface area is 131 Å². The fourth-order valence-corrected chi connectivity index (χ4v) is 3.04. The molecule has 0 spiro atoms. The van der Waals surface area contributed by atoms with Crippen LogP contribution >= 0.6 is 12.4 Å². The van der Waals surface area contributed by atoms with Crippen LogP contribution in [0.2, 0.25) is 0 Å². The zero-order valence-electron chi connectivity index (χ0n) is 11.6. The maximum Gasteiger partial charge on any atom is 0.257 e. The lowest BCUT2D eigenvalue weighted by atomic mass is 10.1. The largest absolute Gasteiger partial charge is 0.503 e. The number of aromatic hydroxyl groups is 1. The second-order valence-electron chi connectivity index (χ2n) is 5.56. The van der Waals surface area contributed by atoms with Crippen LogP contribution in [0.3, 0.4) is 0 Å². The third-order valence-corrected chi connectivity index (χ3v) is 4.17. The van der Waals surface area contributed by atoms with E-state index in [-0.39, 0.29) is 18.4 Å². The first-order chi connectivity index (χ1) is 9.97. The quantitative estimate of drug-likeness (QED) is 0.773. The van der Waals surface area contributed by atoms with Crippen molar-refractivity contribution in [2.24, 2.45) is 0 Å². The fraction of sp³-hybridized carbons (Fsp3) is 0.500. The Balaban J connectivity index is 0.00000176. The van der Waals surface area contributed by atoms with Crippen LogP contribution in [0.15, 0.2) is 6.07 Å². The molecule has 4 nitrogen and oxygen atoms in total. The number of nitrogens with zero attached hydrogens (tertiary/aromatic N) is 1. The first kappa shape index (κ1) is 16.9. The number of likely N-dealkylation sites (tertiary alicyclic amines) is 1. The summed E-state index contributed by atoms with van der Waals surface area (Å²) in [5, 5.41) is 12.6. The second-order valence-corrected chi connectivity index (χ2v) is 5.56. The number of carbonyl (C=O) groups excluding carboxylic acids is 1. The van der Waals surface area contributed by atoms with Gasteiger partial charge in [-0.15, -0.1) is 12.4 Å². The van der Waals surface area contributed by atoms with Gasteiger partial charge in [-0.2, -0.15) is 4.39 Å². The van der Waals surface area contributed by atoms with Crippen molar-refractivity contribution in [3.8, 4) is 5.75 Å². The van der Waals surface area contributed by atoms with Crippen LogP contribution in [-0.4, -0.2) is 41.1 Å². The number of hydrogen-bond acceptors (Lipinski definition) is 3. The molecule has 2 bridgehead atoms. The molecule has 22 heavy (non-hydrogen) atoms. The lowest BCUT2D eigenvalue weighted by molar-refractivity contribution is 0.0741. The average molecular weight is 337 g/mol. The van der Waals surface area contributed by atoms with Crippen molar-refractivity contribution < 1.29 is 23.1 Å². The van der Waals surface area contributed by atoms with Crippen molar-refractivity contribution in [1.82, 2.24) is 10.2 Å². The molecule has 1 aromatic carbocycles. The van der Waals surface area contributed by atoms with Gasteiger partial charge in [-0.05, 0) is 25.3 Å². The summed E-state index contributed by atoms with van der Waals surface area (Å²) < 4.78 is 40.2. The fourth-order valence-electron chi connectivity index (χ4n) is 3.04. The summed E-state index contributed by atoms with van der Waals surface area (Å²) in [5.41, 5.74) is -0.635. The lowest BCUT2D eigenvalue weighted by Crippen LogP contribution is -2.39. The molecule has 0 radical (unpaired) electrons. The Morgan fingerprint density at radius 1 is 1.18 bits per heavy atom.